The second-order valence-electron chi connectivity index (χ2n) is 6.35. The van der Waals surface area contributed by atoms with Crippen LogP contribution in [0.4, 0.5) is 0 Å². The smallest absolute Gasteiger partial charge is 0.330 e. The minimum atomic E-state index is -0.662. The molecule has 4 rings (SSSR count). The number of rotatable bonds is 3. The Morgan fingerprint density at radius 2 is 2.08 bits per heavy atom. The van der Waals surface area contributed by atoms with E-state index in [0.717, 1.165) is 27.6 Å². The van der Waals surface area contributed by atoms with Crippen molar-refractivity contribution in [3.05, 3.63) is 62.4 Å². The summed E-state index contributed by atoms with van der Waals surface area (Å²) in [7, 11) is 1.40. The van der Waals surface area contributed by atoms with E-state index in [1.165, 1.54) is 7.05 Å². The van der Waals surface area contributed by atoms with Gasteiger partial charge in [-0.2, -0.15) is 5.10 Å². The molecule has 0 radical (unpaired) electrons. The molecule has 3 N–H and O–H groups in total. The molecule has 1 aliphatic heterocycles. The largest absolute Gasteiger partial charge is 0.494 e. The summed E-state index contributed by atoms with van der Waals surface area (Å²) in [6, 6.07) is 8.02. The molecule has 1 aromatic carbocycles. The summed E-state index contributed by atoms with van der Waals surface area (Å²) >= 11 is 0. The summed E-state index contributed by atoms with van der Waals surface area (Å²) in [5.74, 6) is -0.379. The van der Waals surface area contributed by atoms with Crippen molar-refractivity contribution in [2.45, 2.75) is 25.9 Å². The van der Waals surface area contributed by atoms with Gasteiger partial charge in [0.15, 0.2) is 0 Å². The van der Waals surface area contributed by atoms with Gasteiger partial charge in [0.2, 0.25) is 5.88 Å². The Kier molecular flexibility index (Phi) is 3.68. The number of aryl methyl sites for hydroxylation is 1. The number of fused-ring (bicyclic) bond motifs is 1. The van der Waals surface area contributed by atoms with E-state index in [0.29, 0.717) is 12.1 Å². The molecule has 8 nitrogen and oxygen atoms in total. The standard InChI is InChI=1S/C18H19N5O3/c1-3-23-9-11(10-6-4-5-7-14(10)23)12-8-13(21-20-12)15-16(24)19-18(26)22(2)17(15)25/h4-7,9,12,20,25H,3,8H2,1-2H3,(H,19,24,26)/t12-/m0/s1. The van der Waals surface area contributed by atoms with Gasteiger partial charge < -0.3 is 15.1 Å². The van der Waals surface area contributed by atoms with Crippen LogP contribution >= 0.6 is 0 Å². The second kappa shape index (κ2) is 5.91. The van der Waals surface area contributed by atoms with Gasteiger partial charge in [-0.15, -0.1) is 0 Å². The molecule has 3 heterocycles. The van der Waals surface area contributed by atoms with Gasteiger partial charge >= 0.3 is 5.69 Å². The lowest BCUT2D eigenvalue weighted by Crippen LogP contribution is -2.32. The van der Waals surface area contributed by atoms with Gasteiger partial charge in [-0.05, 0) is 13.0 Å². The molecule has 0 fully saturated rings. The van der Waals surface area contributed by atoms with E-state index in [-0.39, 0.29) is 17.5 Å². The third-order valence-corrected chi connectivity index (χ3v) is 4.87. The number of aromatic amines is 1. The Bertz CT molecular complexity index is 1150. The fourth-order valence-corrected chi connectivity index (χ4v) is 3.46. The van der Waals surface area contributed by atoms with E-state index in [4.69, 9.17) is 0 Å². The molecular weight excluding hydrogens is 334 g/mol. The molecule has 3 aromatic rings. The van der Waals surface area contributed by atoms with Crippen LogP contribution in [0.1, 0.15) is 30.5 Å². The quantitative estimate of drug-likeness (QED) is 0.658. The highest BCUT2D eigenvalue weighted by molar-refractivity contribution is 6.03. The first kappa shape index (κ1) is 16.2. The maximum atomic E-state index is 12.2. The molecule has 8 heteroatoms. The van der Waals surface area contributed by atoms with Crippen molar-refractivity contribution in [2.75, 3.05) is 0 Å². The SMILES string of the molecule is CCn1cc([C@@H]2CC(c3c(O)n(C)c(=O)[nH]c3=O)=NN2)c2ccccc21. The normalized spacial score (nSPS) is 16.7. The van der Waals surface area contributed by atoms with Crippen LogP contribution in [-0.2, 0) is 13.6 Å². The van der Waals surface area contributed by atoms with Crippen LogP contribution in [0.5, 0.6) is 5.88 Å². The summed E-state index contributed by atoms with van der Waals surface area (Å²) in [6.45, 7) is 2.94. The molecule has 0 saturated carbocycles. The van der Waals surface area contributed by atoms with Crippen LogP contribution in [0, 0.1) is 0 Å². The summed E-state index contributed by atoms with van der Waals surface area (Å²) in [5.41, 5.74) is 4.45. The molecular formula is C18H19N5O3. The molecule has 0 bridgehead atoms. The Labute approximate surface area is 148 Å². The molecule has 1 atom stereocenters. The zero-order chi connectivity index (χ0) is 18.4. The van der Waals surface area contributed by atoms with Crippen LogP contribution in [0.25, 0.3) is 10.9 Å². The number of aromatic nitrogens is 3. The van der Waals surface area contributed by atoms with Crippen LogP contribution in [0.15, 0.2) is 45.2 Å². The van der Waals surface area contributed by atoms with Gasteiger partial charge in [-0.3, -0.25) is 14.3 Å². The summed E-state index contributed by atoms with van der Waals surface area (Å²) in [4.78, 5) is 26.0. The van der Waals surface area contributed by atoms with Crippen LogP contribution in [0.3, 0.4) is 0 Å². The Morgan fingerprint density at radius 1 is 1.31 bits per heavy atom. The number of H-pyrrole nitrogens is 1. The van der Waals surface area contributed by atoms with Gasteiger partial charge in [-0.1, -0.05) is 18.2 Å². The fourth-order valence-electron chi connectivity index (χ4n) is 3.46. The van der Waals surface area contributed by atoms with E-state index in [1.807, 2.05) is 12.1 Å². The maximum Gasteiger partial charge on any atom is 0.330 e. The number of aromatic hydroxyl groups is 1. The zero-order valence-electron chi connectivity index (χ0n) is 14.5. The van der Waals surface area contributed by atoms with Gasteiger partial charge in [0.1, 0.15) is 5.56 Å². The minimum absolute atomic E-state index is 0.0290. The number of nitrogens with one attached hydrogen (secondary N) is 2. The molecule has 0 amide bonds. The number of hydrogen-bond donors (Lipinski definition) is 3. The summed E-state index contributed by atoms with van der Waals surface area (Å²) in [5, 5.41) is 15.6. The molecule has 2 aromatic heterocycles. The third kappa shape index (κ3) is 2.33. The highest BCUT2D eigenvalue weighted by atomic mass is 16.3. The molecule has 0 unspecified atom stereocenters. The Hall–Kier alpha value is -3.29. The van der Waals surface area contributed by atoms with Gasteiger partial charge in [-0.25, -0.2) is 4.79 Å². The predicted octanol–water partition coefficient (Wildman–Crippen LogP) is 1.19. The van der Waals surface area contributed by atoms with Crippen LogP contribution in [0.2, 0.25) is 0 Å². The van der Waals surface area contributed by atoms with Gasteiger partial charge in [0.25, 0.3) is 5.56 Å². The zero-order valence-corrected chi connectivity index (χ0v) is 14.5. The Balaban J connectivity index is 1.74. The van der Waals surface area contributed by atoms with Crippen LogP contribution in [-0.4, -0.2) is 24.9 Å². The molecule has 0 spiro atoms. The first-order valence-electron chi connectivity index (χ1n) is 8.43. The Morgan fingerprint density at radius 3 is 2.85 bits per heavy atom. The van der Waals surface area contributed by atoms with Crippen molar-refractivity contribution >= 4 is 16.6 Å². The van der Waals surface area contributed by atoms with Gasteiger partial charge in [0, 0.05) is 42.7 Å². The highest BCUT2D eigenvalue weighted by Crippen LogP contribution is 2.32. The first-order valence-corrected chi connectivity index (χ1v) is 8.43. The average molecular weight is 353 g/mol. The van der Waals surface area contributed by atoms with Crippen molar-refractivity contribution in [1.29, 1.82) is 0 Å². The number of benzene rings is 1. The lowest BCUT2D eigenvalue weighted by molar-refractivity contribution is 0.416. The average Bonchev–Trinajstić information content (AvgIpc) is 3.24. The lowest BCUT2D eigenvalue weighted by Gasteiger charge is -2.09. The predicted molar refractivity (Wildman–Crippen MR) is 98.6 cm³/mol. The fraction of sp³-hybridized carbons (Fsp3) is 0.278. The molecule has 26 heavy (non-hydrogen) atoms. The van der Waals surface area contributed by atoms with E-state index in [2.05, 4.69) is 45.3 Å². The van der Waals surface area contributed by atoms with Crippen molar-refractivity contribution < 1.29 is 5.11 Å². The van der Waals surface area contributed by atoms with Crippen LogP contribution < -0.4 is 16.7 Å². The first-order chi connectivity index (χ1) is 12.5. The molecule has 134 valence electrons. The van der Waals surface area contributed by atoms with Crippen molar-refractivity contribution in [1.82, 2.24) is 19.5 Å². The van der Waals surface area contributed by atoms with E-state index in [9.17, 15) is 14.7 Å². The molecule has 1 aliphatic rings. The maximum absolute atomic E-state index is 12.2. The van der Waals surface area contributed by atoms with Crippen molar-refractivity contribution in [3.8, 4) is 5.88 Å². The van der Waals surface area contributed by atoms with Crippen molar-refractivity contribution in [2.24, 2.45) is 12.1 Å². The van der Waals surface area contributed by atoms with E-state index < -0.39 is 11.2 Å². The third-order valence-electron chi connectivity index (χ3n) is 4.87. The topological polar surface area (TPSA) is 104 Å². The lowest BCUT2D eigenvalue weighted by atomic mass is 9.99. The number of para-hydroxylation sites is 1. The summed E-state index contributed by atoms with van der Waals surface area (Å²) < 4.78 is 3.16. The summed E-state index contributed by atoms with van der Waals surface area (Å²) in [6.07, 6.45) is 2.53. The van der Waals surface area contributed by atoms with Gasteiger partial charge in [0.05, 0.1) is 11.8 Å². The minimum Gasteiger partial charge on any atom is -0.494 e. The molecule has 0 saturated heterocycles. The second-order valence-corrected chi connectivity index (χ2v) is 6.35. The number of hydrogen-bond acceptors (Lipinski definition) is 5. The van der Waals surface area contributed by atoms with E-state index >= 15 is 0 Å². The highest BCUT2D eigenvalue weighted by Gasteiger charge is 2.28. The number of nitrogens with zero attached hydrogens (tertiary/aromatic N) is 3. The van der Waals surface area contributed by atoms with E-state index in [1.54, 1.807) is 0 Å². The number of hydrazone groups is 1. The van der Waals surface area contributed by atoms with Crippen molar-refractivity contribution in [3.63, 3.8) is 0 Å². The monoisotopic (exact) mass is 353 g/mol. The molecule has 0 aliphatic carbocycles.